The first-order chi connectivity index (χ1) is 9.63. The van der Waals surface area contributed by atoms with Gasteiger partial charge in [0.1, 0.15) is 12.1 Å². The van der Waals surface area contributed by atoms with Crippen LogP contribution in [-0.2, 0) is 14.4 Å². The Kier molecular flexibility index (Phi) is 20.3. The SMILES string of the molecule is CSCC[C@H](N)C(=O)O.NCC(=O)O.N[C@@H](CS)C(=O)O. The maximum Gasteiger partial charge on any atom is 0.321 e. The molecule has 0 saturated heterocycles. The molecule has 0 aliphatic carbocycles. The molecule has 9 N–H and O–H groups in total. The number of aliphatic carboxylic acids is 3. The average Bonchev–Trinajstić information content (AvgIpc) is 2.44. The monoisotopic (exact) mass is 345 g/mol. The fourth-order valence-electron chi connectivity index (χ4n) is 0.446. The molecule has 0 rings (SSSR count). The third kappa shape index (κ3) is 24.4. The lowest BCUT2D eigenvalue weighted by Gasteiger charge is -2.02. The Morgan fingerprint density at radius 3 is 1.62 bits per heavy atom. The van der Waals surface area contributed by atoms with E-state index in [9.17, 15) is 14.4 Å². The van der Waals surface area contributed by atoms with Gasteiger partial charge in [-0.3, -0.25) is 14.4 Å². The smallest absolute Gasteiger partial charge is 0.321 e. The summed E-state index contributed by atoms with van der Waals surface area (Å²) in [7, 11) is 0. The molecule has 21 heavy (non-hydrogen) atoms. The minimum Gasteiger partial charge on any atom is -0.480 e. The van der Waals surface area contributed by atoms with Crippen molar-refractivity contribution >= 4 is 42.3 Å². The number of carbonyl (C=O) groups is 3. The normalized spacial score (nSPS) is 11.9. The highest BCUT2D eigenvalue weighted by Crippen LogP contribution is 1.97. The number of carboxylic acid groups (broad SMARTS) is 3. The molecule has 0 aromatic rings. The maximum atomic E-state index is 10.1. The van der Waals surface area contributed by atoms with Crippen molar-refractivity contribution in [3.8, 4) is 0 Å². The lowest BCUT2D eigenvalue weighted by molar-refractivity contribution is -0.139. The van der Waals surface area contributed by atoms with Crippen LogP contribution in [0, 0.1) is 0 Å². The van der Waals surface area contributed by atoms with Gasteiger partial charge in [0.25, 0.3) is 0 Å². The lowest BCUT2D eigenvalue weighted by atomic mass is 10.2. The molecule has 0 radical (unpaired) electrons. The first-order valence-corrected chi connectivity index (χ1v) is 7.64. The summed E-state index contributed by atoms with van der Waals surface area (Å²) in [5.74, 6) is -1.88. The molecule has 0 spiro atoms. The van der Waals surface area contributed by atoms with E-state index in [1.54, 1.807) is 11.8 Å². The molecule has 0 unspecified atom stereocenters. The lowest BCUT2D eigenvalue weighted by Crippen LogP contribution is -2.31. The Balaban J connectivity index is -0.000000242. The number of rotatable bonds is 7. The predicted molar refractivity (Wildman–Crippen MR) is 84.8 cm³/mol. The number of hydrogen-bond donors (Lipinski definition) is 7. The van der Waals surface area contributed by atoms with Crippen molar-refractivity contribution in [1.82, 2.24) is 0 Å². The van der Waals surface area contributed by atoms with Crippen molar-refractivity contribution in [3.05, 3.63) is 0 Å². The predicted octanol–water partition coefficient (Wildman–Crippen LogP) is -1.49. The third-order valence-corrected chi connectivity index (χ3v) is 2.68. The molecule has 11 heteroatoms. The van der Waals surface area contributed by atoms with Gasteiger partial charge in [-0.1, -0.05) is 0 Å². The van der Waals surface area contributed by atoms with Gasteiger partial charge in [0.2, 0.25) is 0 Å². The minimum absolute atomic E-state index is 0.190. The number of thiol groups is 1. The van der Waals surface area contributed by atoms with E-state index in [1.165, 1.54) is 0 Å². The van der Waals surface area contributed by atoms with Crippen LogP contribution in [0.5, 0.6) is 0 Å². The summed E-state index contributed by atoms with van der Waals surface area (Å²) in [6.45, 7) is -0.278. The molecule has 0 bridgehead atoms. The molecule has 0 amide bonds. The highest BCUT2D eigenvalue weighted by molar-refractivity contribution is 7.98. The van der Waals surface area contributed by atoms with Gasteiger partial charge in [0.15, 0.2) is 0 Å². The molecule has 0 fully saturated rings. The van der Waals surface area contributed by atoms with Crippen LogP contribution >= 0.6 is 24.4 Å². The summed E-state index contributed by atoms with van der Waals surface area (Å²) < 4.78 is 0. The molecule has 0 aromatic heterocycles. The summed E-state index contributed by atoms with van der Waals surface area (Å²) in [4.78, 5) is 29.1. The molecule has 9 nitrogen and oxygen atoms in total. The molecule has 0 aliphatic heterocycles. The van der Waals surface area contributed by atoms with Gasteiger partial charge in [-0.05, 0) is 18.4 Å². The molecule has 126 valence electrons. The van der Waals surface area contributed by atoms with Crippen molar-refractivity contribution in [3.63, 3.8) is 0 Å². The molecule has 0 aromatic carbocycles. The molecule has 0 aliphatic rings. The Hall–Kier alpha value is -1.01. The quantitative estimate of drug-likeness (QED) is 0.267. The van der Waals surface area contributed by atoms with Gasteiger partial charge >= 0.3 is 17.9 Å². The first-order valence-electron chi connectivity index (χ1n) is 5.62. The van der Waals surface area contributed by atoms with Crippen LogP contribution in [0.3, 0.4) is 0 Å². The van der Waals surface area contributed by atoms with Crippen LogP contribution in [0.2, 0.25) is 0 Å². The second-order valence-electron chi connectivity index (χ2n) is 3.45. The van der Waals surface area contributed by atoms with Crippen molar-refractivity contribution < 1.29 is 29.7 Å². The van der Waals surface area contributed by atoms with E-state index in [4.69, 9.17) is 26.8 Å². The van der Waals surface area contributed by atoms with Crippen LogP contribution in [-0.4, -0.2) is 69.6 Å². The molecule has 0 heterocycles. The van der Waals surface area contributed by atoms with Crippen LogP contribution < -0.4 is 17.2 Å². The summed E-state index contributed by atoms with van der Waals surface area (Å²) in [6.07, 6.45) is 2.48. The van der Waals surface area contributed by atoms with Crippen LogP contribution in [0.25, 0.3) is 0 Å². The van der Waals surface area contributed by atoms with Crippen molar-refractivity contribution in [2.24, 2.45) is 17.2 Å². The van der Waals surface area contributed by atoms with E-state index >= 15 is 0 Å². The second kappa shape index (κ2) is 17.0. The minimum atomic E-state index is -1.00. The van der Waals surface area contributed by atoms with Crippen molar-refractivity contribution in [2.75, 3.05) is 24.3 Å². The number of hydrogen-bond acceptors (Lipinski definition) is 8. The van der Waals surface area contributed by atoms with Gasteiger partial charge in [-0.25, -0.2) is 0 Å². The highest BCUT2D eigenvalue weighted by Gasteiger charge is 2.09. The van der Waals surface area contributed by atoms with Gasteiger partial charge in [-0.2, -0.15) is 24.4 Å². The Labute approximate surface area is 132 Å². The maximum absolute atomic E-state index is 10.1. The fourth-order valence-corrected chi connectivity index (χ4v) is 1.09. The third-order valence-electron chi connectivity index (χ3n) is 1.64. The fraction of sp³-hybridized carbons (Fsp3) is 0.700. The topological polar surface area (TPSA) is 190 Å². The zero-order valence-electron chi connectivity index (χ0n) is 11.6. The number of nitrogens with two attached hydrogens (primary N) is 3. The second-order valence-corrected chi connectivity index (χ2v) is 4.80. The van der Waals surface area contributed by atoms with E-state index in [0.29, 0.717) is 6.42 Å². The van der Waals surface area contributed by atoms with Crippen LogP contribution in [0.4, 0.5) is 0 Å². The summed E-state index contributed by atoms with van der Waals surface area (Å²) in [6, 6.07) is -1.50. The largest absolute Gasteiger partial charge is 0.480 e. The molecule has 2 atom stereocenters. The van der Waals surface area contributed by atoms with Crippen LogP contribution in [0.1, 0.15) is 6.42 Å². The summed E-state index contributed by atoms with van der Waals surface area (Å²) >= 11 is 5.25. The van der Waals surface area contributed by atoms with Gasteiger partial charge in [0.05, 0.1) is 6.54 Å². The van der Waals surface area contributed by atoms with Gasteiger partial charge < -0.3 is 32.5 Å². The Bertz CT molecular complexity index is 307. The van der Waals surface area contributed by atoms with E-state index in [-0.39, 0.29) is 12.3 Å². The molecular weight excluding hydrogens is 322 g/mol. The van der Waals surface area contributed by atoms with E-state index in [2.05, 4.69) is 18.4 Å². The zero-order valence-corrected chi connectivity index (χ0v) is 13.3. The number of thioether (sulfide) groups is 1. The van der Waals surface area contributed by atoms with Gasteiger partial charge in [-0.15, -0.1) is 0 Å². The molecule has 0 saturated carbocycles. The Morgan fingerprint density at radius 1 is 1.10 bits per heavy atom. The van der Waals surface area contributed by atoms with Crippen molar-refractivity contribution in [2.45, 2.75) is 18.5 Å². The average molecular weight is 345 g/mol. The molecular formula is C10H23N3O6S2. The first kappa shape index (κ1) is 25.0. The van der Waals surface area contributed by atoms with Crippen LogP contribution in [0.15, 0.2) is 0 Å². The van der Waals surface area contributed by atoms with E-state index < -0.39 is 30.0 Å². The standard InChI is InChI=1S/C5H11NO2S.C3H7NO2S.C2H5NO2/c1-9-3-2-4(6)5(7)8;4-2(1-7)3(5)6;3-1-2(4)5/h4H,2-3,6H2,1H3,(H,7,8);2,7H,1,4H2,(H,5,6);1,3H2,(H,4,5)/t4-;2-;/m00./s1. The Morgan fingerprint density at radius 2 is 1.48 bits per heavy atom. The number of carboxylic acids is 3. The summed E-state index contributed by atoms with van der Waals surface area (Å²) in [5, 5.41) is 23.9. The van der Waals surface area contributed by atoms with E-state index in [0.717, 1.165) is 5.75 Å². The van der Waals surface area contributed by atoms with Crippen molar-refractivity contribution in [1.29, 1.82) is 0 Å². The summed E-state index contributed by atoms with van der Waals surface area (Å²) in [5.41, 5.74) is 14.7. The zero-order chi connectivity index (χ0) is 17.4. The van der Waals surface area contributed by atoms with Gasteiger partial charge in [0, 0.05) is 5.75 Å². The van der Waals surface area contributed by atoms with E-state index in [1.807, 2.05) is 6.26 Å². The highest BCUT2D eigenvalue weighted by atomic mass is 32.2.